The fourth-order valence-electron chi connectivity index (χ4n) is 8.85. The number of fused-ring (bicyclic) bond motifs is 5. The molecule has 33 heavy (non-hydrogen) atoms. The van der Waals surface area contributed by atoms with Crippen molar-refractivity contribution in [3.63, 3.8) is 0 Å². The van der Waals surface area contributed by atoms with E-state index >= 15 is 0 Å². The Morgan fingerprint density at radius 2 is 1.67 bits per heavy atom. The van der Waals surface area contributed by atoms with Crippen LogP contribution in [0.15, 0.2) is 30.3 Å². The first-order chi connectivity index (χ1) is 16.0. The highest BCUT2D eigenvalue weighted by atomic mass is 16.7. The Morgan fingerprint density at radius 3 is 2.45 bits per heavy atom. The predicted octanol–water partition coefficient (Wildman–Crippen LogP) is 5.82. The summed E-state index contributed by atoms with van der Waals surface area (Å²) in [4.78, 5) is 0. The number of benzene rings is 1. The SMILES string of the molecule is COCOC1CC[C@@]2(C)C(C1)C(O)C[C@@H]1[C@H]2CC[C@]2(C)C(COCc3ccccc3)CC[C@@H]12. The van der Waals surface area contributed by atoms with Crippen LogP contribution in [0.3, 0.4) is 0 Å². The van der Waals surface area contributed by atoms with Gasteiger partial charge in [-0.25, -0.2) is 0 Å². The average Bonchev–Trinajstić information content (AvgIpc) is 3.15. The average molecular weight is 457 g/mol. The Morgan fingerprint density at radius 1 is 0.909 bits per heavy atom. The zero-order chi connectivity index (χ0) is 23.1. The normalized spacial score (nSPS) is 44.7. The van der Waals surface area contributed by atoms with E-state index in [9.17, 15) is 5.11 Å². The Kier molecular flexibility index (Phi) is 6.92. The molecular weight excluding hydrogens is 412 g/mol. The molecule has 0 heterocycles. The van der Waals surface area contributed by atoms with Gasteiger partial charge in [-0.05, 0) is 97.3 Å². The van der Waals surface area contributed by atoms with Crippen LogP contribution in [0.1, 0.15) is 70.8 Å². The van der Waals surface area contributed by atoms with Crippen LogP contribution in [0.5, 0.6) is 0 Å². The highest BCUT2D eigenvalue weighted by molar-refractivity contribution is 5.14. The van der Waals surface area contributed by atoms with Crippen LogP contribution in [0.4, 0.5) is 0 Å². The number of aliphatic hydroxyl groups excluding tert-OH is 1. The molecule has 0 bridgehead atoms. The van der Waals surface area contributed by atoms with Gasteiger partial charge in [-0.15, -0.1) is 0 Å². The molecule has 184 valence electrons. The monoisotopic (exact) mass is 456 g/mol. The van der Waals surface area contributed by atoms with Gasteiger partial charge in [0.05, 0.1) is 25.4 Å². The third kappa shape index (κ3) is 4.30. The predicted molar refractivity (Wildman–Crippen MR) is 129 cm³/mol. The van der Waals surface area contributed by atoms with Crippen molar-refractivity contribution in [2.75, 3.05) is 20.5 Å². The third-order valence-corrected chi connectivity index (χ3v) is 10.7. The van der Waals surface area contributed by atoms with Crippen LogP contribution < -0.4 is 0 Å². The first-order valence-electron chi connectivity index (χ1n) is 13.4. The fourth-order valence-corrected chi connectivity index (χ4v) is 8.85. The number of rotatable bonds is 7. The molecule has 4 fully saturated rings. The molecule has 0 saturated heterocycles. The summed E-state index contributed by atoms with van der Waals surface area (Å²) in [6.07, 6.45) is 9.52. The van der Waals surface area contributed by atoms with Gasteiger partial charge >= 0.3 is 0 Å². The molecule has 4 saturated carbocycles. The maximum atomic E-state index is 11.4. The molecule has 5 rings (SSSR count). The minimum atomic E-state index is -0.194. The van der Waals surface area contributed by atoms with Gasteiger partial charge in [-0.1, -0.05) is 44.2 Å². The van der Waals surface area contributed by atoms with E-state index in [0.29, 0.717) is 30.0 Å². The van der Waals surface area contributed by atoms with Gasteiger partial charge in [0.25, 0.3) is 0 Å². The smallest absolute Gasteiger partial charge is 0.146 e. The minimum absolute atomic E-state index is 0.194. The summed E-state index contributed by atoms with van der Waals surface area (Å²) in [5.74, 6) is 3.15. The summed E-state index contributed by atoms with van der Waals surface area (Å²) < 4.78 is 17.3. The highest BCUT2D eigenvalue weighted by Gasteiger charge is 2.62. The van der Waals surface area contributed by atoms with Crippen molar-refractivity contribution in [3.05, 3.63) is 35.9 Å². The number of methoxy groups -OCH3 is 1. The van der Waals surface area contributed by atoms with E-state index in [2.05, 4.69) is 44.2 Å². The number of hydrogen-bond acceptors (Lipinski definition) is 4. The lowest BCUT2D eigenvalue weighted by atomic mass is 9.44. The van der Waals surface area contributed by atoms with Crippen LogP contribution >= 0.6 is 0 Å². The lowest BCUT2D eigenvalue weighted by Gasteiger charge is -2.62. The van der Waals surface area contributed by atoms with Gasteiger partial charge in [0.1, 0.15) is 6.79 Å². The summed E-state index contributed by atoms with van der Waals surface area (Å²) in [5, 5.41) is 11.4. The quantitative estimate of drug-likeness (QED) is 0.525. The van der Waals surface area contributed by atoms with Crippen molar-refractivity contribution in [1.29, 1.82) is 0 Å². The maximum Gasteiger partial charge on any atom is 0.146 e. The molecule has 0 aromatic heterocycles. The van der Waals surface area contributed by atoms with Crippen molar-refractivity contribution in [2.45, 2.75) is 84.0 Å². The Hall–Kier alpha value is -0.940. The first-order valence-corrected chi connectivity index (χ1v) is 13.4. The standard InChI is InChI=1S/C29H44O4/c1-28-14-12-25-23(16-27(30)26-15-22(33-19-31-3)11-13-29(25,26)2)24(28)10-9-21(28)18-32-17-20-7-5-4-6-8-20/h4-8,21-27,30H,9-19H2,1-3H3/t21?,22?,23-,24-,25+,26?,27?,28+,29+/m0/s1. The molecule has 0 aliphatic heterocycles. The van der Waals surface area contributed by atoms with Crippen molar-refractivity contribution in [1.82, 2.24) is 0 Å². The van der Waals surface area contributed by atoms with Crippen LogP contribution in [0.25, 0.3) is 0 Å². The van der Waals surface area contributed by atoms with Crippen molar-refractivity contribution in [2.24, 2.45) is 40.4 Å². The molecule has 4 heteroatoms. The molecule has 9 atom stereocenters. The van der Waals surface area contributed by atoms with Gasteiger partial charge < -0.3 is 19.3 Å². The highest BCUT2D eigenvalue weighted by Crippen LogP contribution is 2.67. The van der Waals surface area contributed by atoms with E-state index in [-0.39, 0.29) is 17.6 Å². The van der Waals surface area contributed by atoms with E-state index in [1.807, 2.05) is 0 Å². The molecule has 1 N–H and O–H groups in total. The number of hydrogen-bond donors (Lipinski definition) is 1. The fraction of sp³-hybridized carbons (Fsp3) is 0.793. The zero-order valence-corrected chi connectivity index (χ0v) is 20.9. The molecule has 4 nitrogen and oxygen atoms in total. The summed E-state index contributed by atoms with van der Waals surface area (Å²) in [6.45, 7) is 7.01. The molecule has 4 unspecified atom stereocenters. The lowest BCUT2D eigenvalue weighted by molar-refractivity contribution is -0.187. The van der Waals surface area contributed by atoms with Crippen molar-refractivity contribution >= 4 is 0 Å². The van der Waals surface area contributed by atoms with Gasteiger partial charge in [0, 0.05) is 7.11 Å². The van der Waals surface area contributed by atoms with E-state index in [1.165, 1.54) is 37.7 Å². The number of ether oxygens (including phenoxy) is 3. The van der Waals surface area contributed by atoms with Crippen molar-refractivity contribution < 1.29 is 19.3 Å². The van der Waals surface area contributed by atoms with Crippen LogP contribution in [0, 0.1) is 40.4 Å². The largest absolute Gasteiger partial charge is 0.393 e. The summed E-state index contributed by atoms with van der Waals surface area (Å²) in [7, 11) is 1.69. The second-order valence-electron chi connectivity index (χ2n) is 12.1. The van der Waals surface area contributed by atoms with Crippen LogP contribution in [-0.2, 0) is 20.8 Å². The van der Waals surface area contributed by atoms with Crippen molar-refractivity contribution in [3.8, 4) is 0 Å². The van der Waals surface area contributed by atoms with E-state index < -0.39 is 0 Å². The summed E-state index contributed by atoms with van der Waals surface area (Å²) in [6, 6.07) is 10.5. The Balaban J connectivity index is 1.25. The molecule has 0 spiro atoms. The third-order valence-electron chi connectivity index (χ3n) is 10.7. The number of aliphatic hydroxyl groups is 1. The zero-order valence-electron chi connectivity index (χ0n) is 20.9. The van der Waals surface area contributed by atoms with Crippen LogP contribution in [0.2, 0.25) is 0 Å². The minimum Gasteiger partial charge on any atom is -0.393 e. The molecule has 0 amide bonds. The molecule has 0 radical (unpaired) electrons. The van der Waals surface area contributed by atoms with Gasteiger partial charge in [0.2, 0.25) is 0 Å². The second-order valence-corrected chi connectivity index (χ2v) is 12.1. The second kappa shape index (κ2) is 9.60. The summed E-state index contributed by atoms with van der Waals surface area (Å²) in [5.41, 5.74) is 1.87. The van der Waals surface area contributed by atoms with E-state index in [4.69, 9.17) is 14.2 Å². The van der Waals surface area contributed by atoms with Gasteiger partial charge in [-0.3, -0.25) is 0 Å². The maximum absolute atomic E-state index is 11.4. The lowest BCUT2D eigenvalue weighted by Crippen LogP contribution is -2.58. The molecule has 1 aromatic rings. The topological polar surface area (TPSA) is 47.9 Å². The molecule has 4 aliphatic rings. The Bertz CT molecular complexity index is 783. The molecule has 1 aromatic carbocycles. The van der Waals surface area contributed by atoms with Gasteiger partial charge in [-0.2, -0.15) is 0 Å². The first kappa shape index (κ1) is 23.8. The Labute approximate surface area is 200 Å². The van der Waals surface area contributed by atoms with Gasteiger partial charge in [0.15, 0.2) is 0 Å². The van der Waals surface area contributed by atoms with E-state index in [1.54, 1.807) is 7.11 Å². The summed E-state index contributed by atoms with van der Waals surface area (Å²) >= 11 is 0. The molecular formula is C29H44O4. The van der Waals surface area contributed by atoms with Crippen LogP contribution in [-0.4, -0.2) is 37.8 Å². The molecule has 4 aliphatic carbocycles. The van der Waals surface area contributed by atoms with E-state index in [0.717, 1.165) is 44.3 Å².